The molecule has 1 atom stereocenters. The van der Waals surface area contributed by atoms with Gasteiger partial charge in [0.05, 0.1) is 5.69 Å². The Morgan fingerprint density at radius 3 is 2.94 bits per heavy atom. The van der Waals surface area contributed by atoms with E-state index in [0.717, 1.165) is 18.5 Å². The zero-order valence-electron chi connectivity index (χ0n) is 10.1. The largest absolute Gasteiger partial charge is 0.508 e. The Balaban J connectivity index is 2.34. The topological polar surface area (TPSA) is 49.8 Å². The van der Waals surface area contributed by atoms with Gasteiger partial charge in [-0.15, -0.1) is 0 Å². The Bertz CT molecular complexity index is 431. The van der Waals surface area contributed by atoms with Gasteiger partial charge in [-0.25, -0.2) is 0 Å². The van der Waals surface area contributed by atoms with E-state index < -0.39 is 6.10 Å². The molecule has 0 saturated heterocycles. The third kappa shape index (κ3) is 2.20. The summed E-state index contributed by atoms with van der Waals surface area (Å²) in [5.74, 6) is 0.714. The molecular weight excluding hydrogens is 218 g/mol. The van der Waals surface area contributed by atoms with Crippen molar-refractivity contribution >= 4 is 11.6 Å². The van der Waals surface area contributed by atoms with Crippen LogP contribution in [0.3, 0.4) is 0 Å². The van der Waals surface area contributed by atoms with Crippen LogP contribution in [-0.4, -0.2) is 23.7 Å². The van der Waals surface area contributed by atoms with Crippen molar-refractivity contribution < 1.29 is 14.6 Å². The Morgan fingerprint density at radius 1 is 1.47 bits per heavy atom. The number of carbonyl (C=O) groups excluding carboxylic acids is 1. The number of carbonyl (C=O) groups is 1. The van der Waals surface area contributed by atoms with Crippen molar-refractivity contribution in [3.8, 4) is 11.5 Å². The van der Waals surface area contributed by atoms with Crippen LogP contribution in [0.15, 0.2) is 18.2 Å². The van der Waals surface area contributed by atoms with Gasteiger partial charge in [0, 0.05) is 12.6 Å². The van der Waals surface area contributed by atoms with Gasteiger partial charge in [0.25, 0.3) is 5.91 Å². The van der Waals surface area contributed by atoms with E-state index in [0.29, 0.717) is 12.3 Å². The molecule has 1 unspecified atom stereocenters. The minimum Gasteiger partial charge on any atom is -0.508 e. The number of unbranched alkanes of at least 4 members (excludes halogenated alkanes) is 1. The second-order valence-corrected chi connectivity index (χ2v) is 4.26. The number of benzene rings is 1. The Labute approximate surface area is 101 Å². The number of rotatable bonds is 3. The van der Waals surface area contributed by atoms with E-state index in [4.69, 9.17) is 4.74 Å². The minimum absolute atomic E-state index is 0.0170. The number of amides is 1. The van der Waals surface area contributed by atoms with Gasteiger partial charge < -0.3 is 14.7 Å². The molecule has 1 amide bonds. The highest BCUT2D eigenvalue weighted by atomic mass is 16.5. The predicted octanol–water partition coefficient (Wildman–Crippen LogP) is 2.31. The third-order valence-electron chi connectivity index (χ3n) is 2.89. The lowest BCUT2D eigenvalue weighted by molar-refractivity contribution is -0.125. The summed E-state index contributed by atoms with van der Waals surface area (Å²) >= 11 is 0. The Hall–Kier alpha value is -1.71. The summed E-state index contributed by atoms with van der Waals surface area (Å²) in [5, 5.41) is 9.42. The van der Waals surface area contributed by atoms with Crippen molar-refractivity contribution in [2.24, 2.45) is 0 Å². The molecule has 1 aromatic rings. The predicted molar refractivity (Wildman–Crippen MR) is 65.5 cm³/mol. The molecule has 4 heteroatoms. The zero-order valence-corrected chi connectivity index (χ0v) is 10.1. The molecule has 92 valence electrons. The van der Waals surface area contributed by atoms with Crippen LogP contribution in [-0.2, 0) is 4.79 Å². The van der Waals surface area contributed by atoms with Gasteiger partial charge in [0.15, 0.2) is 6.10 Å². The van der Waals surface area contributed by atoms with Crippen LogP contribution in [0.4, 0.5) is 5.69 Å². The van der Waals surface area contributed by atoms with Gasteiger partial charge in [0.2, 0.25) is 0 Å². The summed E-state index contributed by atoms with van der Waals surface area (Å²) in [4.78, 5) is 13.8. The van der Waals surface area contributed by atoms with Crippen LogP contribution in [0.1, 0.15) is 26.7 Å². The second-order valence-electron chi connectivity index (χ2n) is 4.26. The summed E-state index contributed by atoms with van der Waals surface area (Å²) in [7, 11) is 0. The average Bonchev–Trinajstić information content (AvgIpc) is 2.30. The molecule has 4 nitrogen and oxygen atoms in total. The molecule has 0 bridgehead atoms. The molecule has 1 heterocycles. The highest BCUT2D eigenvalue weighted by molar-refractivity contribution is 5.99. The lowest BCUT2D eigenvalue weighted by atomic mass is 10.1. The van der Waals surface area contributed by atoms with Crippen LogP contribution in [0.25, 0.3) is 0 Å². The molecule has 0 radical (unpaired) electrons. The molecule has 1 aromatic carbocycles. The standard InChI is InChI=1S/C13H17NO3/c1-3-4-7-14-11-6-5-10(15)8-12(11)17-9(2)13(14)16/h5-6,8-9,15H,3-4,7H2,1-2H3. The molecule has 1 aliphatic heterocycles. The van der Waals surface area contributed by atoms with E-state index in [1.807, 2.05) is 0 Å². The van der Waals surface area contributed by atoms with Crippen molar-refractivity contribution in [2.75, 3.05) is 11.4 Å². The maximum atomic E-state index is 12.0. The average molecular weight is 235 g/mol. The first-order valence-corrected chi connectivity index (χ1v) is 5.94. The lowest BCUT2D eigenvalue weighted by Crippen LogP contribution is -2.44. The van der Waals surface area contributed by atoms with E-state index >= 15 is 0 Å². The number of nitrogens with zero attached hydrogens (tertiary/aromatic N) is 1. The minimum atomic E-state index is -0.485. The highest BCUT2D eigenvalue weighted by Crippen LogP contribution is 2.36. The number of phenolic OH excluding ortho intramolecular Hbond substituents is 1. The van der Waals surface area contributed by atoms with Crippen LogP contribution < -0.4 is 9.64 Å². The van der Waals surface area contributed by atoms with Gasteiger partial charge in [-0.2, -0.15) is 0 Å². The molecule has 1 N–H and O–H groups in total. The summed E-state index contributed by atoms with van der Waals surface area (Å²) in [6, 6.07) is 4.85. The molecule has 1 aliphatic rings. The quantitative estimate of drug-likeness (QED) is 0.874. The number of hydrogen-bond donors (Lipinski definition) is 1. The van der Waals surface area contributed by atoms with Gasteiger partial charge in [0.1, 0.15) is 11.5 Å². The fourth-order valence-electron chi connectivity index (χ4n) is 1.95. The molecule has 0 fully saturated rings. The van der Waals surface area contributed by atoms with Crippen LogP contribution in [0.2, 0.25) is 0 Å². The number of anilines is 1. The third-order valence-corrected chi connectivity index (χ3v) is 2.89. The number of aromatic hydroxyl groups is 1. The van der Waals surface area contributed by atoms with Crippen LogP contribution in [0.5, 0.6) is 11.5 Å². The van der Waals surface area contributed by atoms with E-state index in [1.165, 1.54) is 0 Å². The van der Waals surface area contributed by atoms with E-state index in [1.54, 1.807) is 30.0 Å². The molecule has 17 heavy (non-hydrogen) atoms. The summed E-state index contributed by atoms with van der Waals surface area (Å²) in [6.07, 6.45) is 1.51. The van der Waals surface area contributed by atoms with Crippen LogP contribution >= 0.6 is 0 Å². The maximum Gasteiger partial charge on any atom is 0.267 e. The summed E-state index contributed by atoms with van der Waals surface area (Å²) < 4.78 is 5.48. The second kappa shape index (κ2) is 4.65. The monoisotopic (exact) mass is 235 g/mol. The number of ether oxygens (including phenoxy) is 1. The smallest absolute Gasteiger partial charge is 0.267 e. The Kier molecular flexibility index (Phi) is 3.22. The van der Waals surface area contributed by atoms with E-state index in [9.17, 15) is 9.90 Å². The SMILES string of the molecule is CCCCN1C(=O)C(C)Oc2cc(O)ccc21. The van der Waals surface area contributed by atoms with Gasteiger partial charge in [-0.05, 0) is 25.5 Å². The van der Waals surface area contributed by atoms with Crippen molar-refractivity contribution in [1.29, 1.82) is 0 Å². The van der Waals surface area contributed by atoms with Crippen molar-refractivity contribution in [3.05, 3.63) is 18.2 Å². The molecule has 0 saturated carbocycles. The van der Waals surface area contributed by atoms with Crippen molar-refractivity contribution in [1.82, 2.24) is 0 Å². The highest BCUT2D eigenvalue weighted by Gasteiger charge is 2.31. The Morgan fingerprint density at radius 2 is 2.24 bits per heavy atom. The molecule has 0 spiro atoms. The fourth-order valence-corrected chi connectivity index (χ4v) is 1.95. The number of phenols is 1. The van der Waals surface area contributed by atoms with Crippen LogP contribution in [0, 0.1) is 0 Å². The molecule has 2 rings (SSSR count). The molecular formula is C13H17NO3. The van der Waals surface area contributed by atoms with Crippen molar-refractivity contribution in [2.45, 2.75) is 32.8 Å². The normalized spacial score (nSPS) is 18.8. The summed E-state index contributed by atoms with van der Waals surface area (Å²) in [6.45, 7) is 4.52. The molecule has 0 aromatic heterocycles. The van der Waals surface area contributed by atoms with Gasteiger partial charge >= 0.3 is 0 Å². The zero-order chi connectivity index (χ0) is 12.4. The maximum absolute atomic E-state index is 12.0. The molecule has 0 aliphatic carbocycles. The first kappa shape index (κ1) is 11.8. The van der Waals surface area contributed by atoms with E-state index in [-0.39, 0.29) is 11.7 Å². The van der Waals surface area contributed by atoms with Gasteiger partial charge in [-0.1, -0.05) is 13.3 Å². The first-order chi connectivity index (χ1) is 8.13. The fraction of sp³-hybridized carbons (Fsp3) is 0.462. The summed E-state index contributed by atoms with van der Waals surface area (Å²) in [5.41, 5.74) is 0.749. The number of fused-ring (bicyclic) bond motifs is 1. The van der Waals surface area contributed by atoms with Gasteiger partial charge in [-0.3, -0.25) is 4.79 Å². The number of hydrogen-bond acceptors (Lipinski definition) is 3. The van der Waals surface area contributed by atoms with Crippen molar-refractivity contribution in [3.63, 3.8) is 0 Å². The van der Waals surface area contributed by atoms with E-state index in [2.05, 4.69) is 6.92 Å². The lowest BCUT2D eigenvalue weighted by Gasteiger charge is -2.33. The first-order valence-electron chi connectivity index (χ1n) is 5.94.